The third-order valence-corrected chi connectivity index (χ3v) is 20.4. The number of carbonyl (C=O) groups excluding carboxylic acids is 3. The van der Waals surface area contributed by atoms with E-state index in [9.17, 15) is 14.4 Å². The second kappa shape index (κ2) is 34.5. The molecule has 6 N–H and O–H groups in total. The standard InChI is InChI=1S/C28H31N7O2.C28H33N7O2.C27H31N7O2/c1-34-12-14-35(15-13-34)27(36)26-17-19-16-20(6-7-23(19)32-26)31-28-30-11-9-24(33-28)25-18-22(8-10-29-25)37-21-4-2-3-5-21;1-18(2)19(3)37-22-7-9-29-25(17-22)24-8-10-30-28(33-24)31-21-5-6-23-20(15-21)16-26(32-23)27(36)35-13-11-34(4)12-14-35;1-4-18(2)36-21-7-9-28-24(17-21)23-8-10-29-27(32-23)30-20-5-6-22-19(15-20)16-25(31-22)26(35)34-13-11-33(3)12-14-34/h6-11,16-18,21,32H,2-5,12-15H2,1H3,(H,30,31,33);5-10,15-19,32H,11-14H2,1-4H3,(H,30,31,33);5-10,15-18,31H,4,11-14H2,1-3H3,(H,29,30,32)/t;;18-/m..0/s1. The van der Waals surface area contributed by atoms with E-state index >= 15 is 0 Å². The van der Waals surface area contributed by atoms with Gasteiger partial charge in [0.05, 0.1) is 52.5 Å². The predicted molar refractivity (Wildman–Crippen MR) is 429 cm³/mol. The number of aromatic amines is 3. The second-order valence-electron chi connectivity index (χ2n) is 29.0. The number of benzene rings is 3. The molecule has 27 nitrogen and oxygen atoms in total. The molecule has 2 atom stereocenters. The lowest BCUT2D eigenvalue weighted by molar-refractivity contribution is 0.0652. The van der Waals surface area contributed by atoms with Gasteiger partial charge in [0, 0.05) is 184 Å². The van der Waals surface area contributed by atoms with Crippen LogP contribution in [0.2, 0.25) is 0 Å². The Balaban J connectivity index is 0.000000138. The van der Waals surface area contributed by atoms with Gasteiger partial charge in [-0.05, 0) is 182 Å². The SMILES string of the molecule is CC(C)C(C)Oc1ccnc(-c2ccnc(Nc3ccc4[nH]c(C(=O)N5CCN(C)CC5)cc4c3)n2)c1.CC[C@H](C)Oc1ccnc(-c2ccnc(Nc3ccc4[nH]c(C(=O)N5CCN(C)CC5)cc4c3)n2)c1.CN1CCN(C(=O)c2cc3cc(Nc4nccc(-c5cc(OC6CCCC6)ccn5)n4)ccc3[nH]2)CC1. The zero-order valence-electron chi connectivity index (χ0n) is 63.6. The molecule has 0 radical (unpaired) electrons. The minimum atomic E-state index is 0.0383. The van der Waals surface area contributed by atoms with Crippen LogP contribution >= 0.6 is 0 Å². The van der Waals surface area contributed by atoms with Crippen molar-refractivity contribution < 1.29 is 28.6 Å². The topological polar surface area (TPSA) is 298 Å². The Bertz CT molecular complexity index is 4970. The number of hydrogen-bond donors (Lipinski definition) is 6. The molecule has 3 aromatic carbocycles. The largest absolute Gasteiger partial charge is 0.491 e. The molecule has 9 aromatic heterocycles. The van der Waals surface area contributed by atoms with Crippen molar-refractivity contribution in [3.05, 3.63) is 182 Å². The van der Waals surface area contributed by atoms with E-state index in [1.165, 1.54) is 12.8 Å². The maximum atomic E-state index is 13.0. The lowest BCUT2D eigenvalue weighted by atomic mass is 10.1. The van der Waals surface area contributed by atoms with Crippen molar-refractivity contribution in [2.45, 2.75) is 85.0 Å². The number of rotatable bonds is 20. The summed E-state index contributed by atoms with van der Waals surface area (Å²) in [6.45, 7) is 20.3. The number of anilines is 6. The van der Waals surface area contributed by atoms with Gasteiger partial charge in [-0.25, -0.2) is 29.9 Å². The lowest BCUT2D eigenvalue weighted by Gasteiger charge is -2.32. The summed E-state index contributed by atoms with van der Waals surface area (Å²) in [6.07, 6.45) is 16.5. The van der Waals surface area contributed by atoms with Gasteiger partial charge in [0.1, 0.15) is 34.3 Å². The highest BCUT2D eigenvalue weighted by atomic mass is 16.5. The van der Waals surface area contributed by atoms with Crippen molar-refractivity contribution in [1.29, 1.82) is 0 Å². The van der Waals surface area contributed by atoms with E-state index in [2.05, 4.69) is 139 Å². The van der Waals surface area contributed by atoms with Crippen molar-refractivity contribution in [2.24, 2.45) is 5.92 Å². The highest BCUT2D eigenvalue weighted by molar-refractivity contribution is 6.01. The Morgan fingerprint density at radius 3 is 1.10 bits per heavy atom. The van der Waals surface area contributed by atoms with Crippen LogP contribution in [0.1, 0.15) is 98.2 Å². The zero-order valence-corrected chi connectivity index (χ0v) is 63.6. The smallest absolute Gasteiger partial charge is 0.270 e. The molecule has 3 saturated heterocycles. The number of piperazine rings is 3. The molecule has 1 unspecified atom stereocenters. The number of nitrogens with zero attached hydrogens (tertiary/aromatic N) is 15. The molecular formula is C83H95N21O6. The monoisotopic (exact) mass is 1480 g/mol. The summed E-state index contributed by atoms with van der Waals surface area (Å²) in [7, 11) is 6.24. The molecule has 0 bridgehead atoms. The van der Waals surface area contributed by atoms with E-state index in [1.54, 1.807) is 37.2 Å². The van der Waals surface area contributed by atoms with Crippen LogP contribution in [0.15, 0.2) is 165 Å². The number of H-pyrrole nitrogens is 3. The van der Waals surface area contributed by atoms with E-state index in [-0.39, 0.29) is 29.9 Å². The summed E-state index contributed by atoms with van der Waals surface area (Å²) >= 11 is 0. The van der Waals surface area contributed by atoms with E-state index in [1.807, 2.05) is 149 Å². The third-order valence-electron chi connectivity index (χ3n) is 20.4. The Labute approximate surface area is 639 Å². The lowest BCUT2D eigenvalue weighted by Crippen LogP contribution is -2.47. The Morgan fingerprint density at radius 2 is 0.745 bits per heavy atom. The maximum absolute atomic E-state index is 13.0. The number of likely N-dealkylation sites (N-methyl/N-ethyl adjacent to an activating group) is 3. The number of carbonyl (C=O) groups is 3. The van der Waals surface area contributed by atoms with Gasteiger partial charge in [-0.1, -0.05) is 20.8 Å². The van der Waals surface area contributed by atoms with Gasteiger partial charge in [0.15, 0.2) is 0 Å². The van der Waals surface area contributed by atoms with Gasteiger partial charge in [-0.15, -0.1) is 0 Å². The van der Waals surface area contributed by atoms with Gasteiger partial charge >= 0.3 is 0 Å². The Morgan fingerprint density at radius 1 is 0.409 bits per heavy atom. The molecule has 27 heteroatoms. The van der Waals surface area contributed by atoms with Crippen LogP contribution < -0.4 is 30.2 Å². The molecular weight excluding hydrogens is 1390 g/mol. The molecule has 1 aliphatic carbocycles. The van der Waals surface area contributed by atoms with Crippen molar-refractivity contribution in [2.75, 3.05) is 116 Å². The summed E-state index contributed by atoms with van der Waals surface area (Å²) in [4.78, 5) is 102. The maximum Gasteiger partial charge on any atom is 0.270 e. The average Bonchev–Trinajstić information content (AvgIpc) is 1.67. The van der Waals surface area contributed by atoms with Gasteiger partial charge in [-0.2, -0.15) is 0 Å². The number of aromatic nitrogens is 12. The third kappa shape index (κ3) is 18.9. The Hall–Kier alpha value is -11.9. The first-order valence-corrected chi connectivity index (χ1v) is 38.0. The fraction of sp³-hybridized carbons (Fsp3) is 0.349. The minimum absolute atomic E-state index is 0.0383. The first-order valence-electron chi connectivity index (χ1n) is 38.0. The van der Waals surface area contributed by atoms with Gasteiger partial charge in [-0.3, -0.25) is 29.3 Å². The van der Waals surface area contributed by atoms with Gasteiger partial charge in [0.25, 0.3) is 17.7 Å². The molecule has 4 aliphatic rings. The quantitative estimate of drug-likeness (QED) is 0.0413. The summed E-state index contributed by atoms with van der Waals surface area (Å²) in [5.74, 6) is 4.28. The molecule has 110 heavy (non-hydrogen) atoms. The van der Waals surface area contributed by atoms with Crippen molar-refractivity contribution in [1.82, 2.24) is 89.2 Å². The number of nitrogens with one attached hydrogen (secondary N) is 6. The molecule has 3 aliphatic heterocycles. The highest BCUT2D eigenvalue weighted by Crippen LogP contribution is 2.32. The van der Waals surface area contributed by atoms with E-state index in [0.29, 0.717) is 64.0 Å². The van der Waals surface area contributed by atoms with E-state index in [4.69, 9.17) is 14.2 Å². The molecule has 0 spiro atoms. The summed E-state index contributed by atoms with van der Waals surface area (Å²) in [6, 6.07) is 40.3. The van der Waals surface area contributed by atoms with Crippen LogP contribution in [-0.4, -0.2) is 225 Å². The summed E-state index contributed by atoms with van der Waals surface area (Å²) in [5.41, 5.74) is 11.4. The van der Waals surface area contributed by atoms with Crippen molar-refractivity contribution in [3.8, 4) is 51.4 Å². The van der Waals surface area contributed by atoms with E-state index in [0.717, 1.165) is 182 Å². The number of ether oxygens (including phenoxy) is 3. The van der Waals surface area contributed by atoms with Crippen LogP contribution in [0, 0.1) is 5.92 Å². The molecule has 1 saturated carbocycles. The summed E-state index contributed by atoms with van der Waals surface area (Å²) < 4.78 is 18.1. The number of pyridine rings is 3. The summed E-state index contributed by atoms with van der Waals surface area (Å²) in [5, 5.41) is 12.7. The van der Waals surface area contributed by atoms with E-state index < -0.39 is 0 Å². The van der Waals surface area contributed by atoms with Gasteiger partial charge in [0.2, 0.25) is 17.8 Å². The number of fused-ring (bicyclic) bond motifs is 3. The molecule has 12 heterocycles. The fourth-order valence-electron chi connectivity index (χ4n) is 13.3. The number of amides is 3. The average molecular weight is 1480 g/mol. The molecule has 16 rings (SSSR count). The van der Waals surface area contributed by atoms with Crippen molar-refractivity contribution >= 4 is 85.3 Å². The molecule has 568 valence electrons. The van der Waals surface area contributed by atoms with Crippen LogP contribution in [0.4, 0.5) is 34.9 Å². The van der Waals surface area contributed by atoms with Crippen LogP contribution in [-0.2, 0) is 0 Å². The first-order chi connectivity index (χ1) is 53.4. The molecule has 3 amide bonds. The first kappa shape index (κ1) is 74.9. The molecule has 12 aromatic rings. The van der Waals surface area contributed by atoms with Crippen LogP contribution in [0.3, 0.4) is 0 Å². The second-order valence-corrected chi connectivity index (χ2v) is 29.0. The highest BCUT2D eigenvalue weighted by Gasteiger charge is 2.26. The molecule has 4 fully saturated rings. The minimum Gasteiger partial charge on any atom is -0.491 e. The fourth-order valence-corrected chi connectivity index (χ4v) is 13.3. The number of hydrogen-bond acceptors (Lipinski definition) is 21. The normalized spacial score (nSPS) is 15.7. The van der Waals surface area contributed by atoms with Crippen LogP contribution in [0.25, 0.3) is 66.9 Å². The Kier molecular flexibility index (Phi) is 23.5. The van der Waals surface area contributed by atoms with Crippen LogP contribution in [0.5, 0.6) is 17.2 Å². The van der Waals surface area contributed by atoms with Crippen molar-refractivity contribution in [3.63, 3.8) is 0 Å². The van der Waals surface area contributed by atoms with Gasteiger partial charge < -0.3 is 74.5 Å². The zero-order chi connectivity index (χ0) is 76.2. The predicted octanol–water partition coefficient (Wildman–Crippen LogP) is 13.4.